The topological polar surface area (TPSA) is 84.2 Å². The van der Waals surface area contributed by atoms with E-state index in [2.05, 4.69) is 10.6 Å². The van der Waals surface area contributed by atoms with Crippen LogP contribution < -0.4 is 16.4 Å². The van der Waals surface area contributed by atoms with Gasteiger partial charge in [0.1, 0.15) is 0 Å². The molecule has 2 amide bonds. The number of halogens is 1. The highest BCUT2D eigenvalue weighted by Crippen LogP contribution is 2.29. The molecule has 0 aliphatic heterocycles. The van der Waals surface area contributed by atoms with Crippen LogP contribution in [0, 0.1) is 0 Å². The predicted octanol–water partition coefficient (Wildman–Crippen LogP) is 2.90. The van der Waals surface area contributed by atoms with Crippen molar-refractivity contribution in [2.45, 2.75) is 44.6 Å². The molecule has 1 aliphatic rings. The molecule has 114 valence electrons. The number of nitrogens with one attached hydrogen (secondary N) is 2. The van der Waals surface area contributed by atoms with E-state index in [0.717, 1.165) is 19.3 Å². The molecule has 1 aliphatic carbocycles. The van der Waals surface area contributed by atoms with Crippen LogP contribution in [0.25, 0.3) is 0 Å². The van der Waals surface area contributed by atoms with Crippen LogP contribution in [0.4, 0.5) is 11.4 Å². The Bertz CT molecular complexity index is 554. The second-order valence-corrected chi connectivity index (χ2v) is 5.95. The van der Waals surface area contributed by atoms with E-state index in [-0.39, 0.29) is 11.8 Å². The molecule has 0 aromatic heterocycles. The molecule has 0 spiro atoms. The number of carbonyl (C=O) groups is 2. The van der Waals surface area contributed by atoms with Gasteiger partial charge in [-0.2, -0.15) is 0 Å². The lowest BCUT2D eigenvalue weighted by atomic mass is 9.82. The highest BCUT2D eigenvalue weighted by Gasteiger charge is 2.35. The molecule has 0 bridgehead atoms. The van der Waals surface area contributed by atoms with Crippen molar-refractivity contribution in [2.75, 3.05) is 10.6 Å². The lowest BCUT2D eigenvalue weighted by molar-refractivity contribution is -0.122. The van der Waals surface area contributed by atoms with Crippen molar-refractivity contribution in [1.82, 2.24) is 0 Å². The van der Waals surface area contributed by atoms with E-state index in [4.69, 9.17) is 17.3 Å². The summed E-state index contributed by atoms with van der Waals surface area (Å²) in [6, 6.07) is 4.96. The van der Waals surface area contributed by atoms with Gasteiger partial charge in [-0.3, -0.25) is 9.59 Å². The summed E-state index contributed by atoms with van der Waals surface area (Å²) in [5, 5.41) is 5.80. The second-order valence-electron chi connectivity index (χ2n) is 5.55. The summed E-state index contributed by atoms with van der Waals surface area (Å²) < 4.78 is 0. The van der Waals surface area contributed by atoms with Crippen LogP contribution in [0.5, 0.6) is 0 Å². The molecule has 6 heteroatoms. The minimum Gasteiger partial charge on any atom is -0.325 e. The molecule has 1 fully saturated rings. The zero-order valence-electron chi connectivity index (χ0n) is 12.0. The number of rotatable bonds is 3. The van der Waals surface area contributed by atoms with Gasteiger partial charge in [-0.1, -0.05) is 30.9 Å². The lowest BCUT2D eigenvalue weighted by Crippen LogP contribution is -2.52. The van der Waals surface area contributed by atoms with Gasteiger partial charge < -0.3 is 16.4 Å². The Balaban J connectivity index is 2.07. The van der Waals surface area contributed by atoms with Gasteiger partial charge in [-0.05, 0) is 31.0 Å². The SMILES string of the molecule is CC(=O)Nc1ccc(NC(=O)C2(N)CCCCC2)cc1Cl. The average molecular weight is 310 g/mol. The molecule has 4 N–H and O–H groups in total. The van der Waals surface area contributed by atoms with Crippen molar-refractivity contribution in [3.63, 3.8) is 0 Å². The van der Waals surface area contributed by atoms with Crippen molar-refractivity contribution in [2.24, 2.45) is 5.73 Å². The standard InChI is InChI=1S/C15H20ClN3O2/c1-10(20)18-13-6-5-11(9-12(13)16)19-14(21)15(17)7-3-2-4-8-15/h5-6,9H,2-4,7-8,17H2,1H3,(H,18,20)(H,19,21). The Morgan fingerprint density at radius 1 is 1.19 bits per heavy atom. The highest BCUT2D eigenvalue weighted by atomic mass is 35.5. The normalized spacial score (nSPS) is 17.1. The molecule has 5 nitrogen and oxygen atoms in total. The minimum atomic E-state index is -0.791. The first-order valence-corrected chi connectivity index (χ1v) is 7.46. The van der Waals surface area contributed by atoms with Gasteiger partial charge in [0, 0.05) is 12.6 Å². The summed E-state index contributed by atoms with van der Waals surface area (Å²) >= 11 is 6.08. The number of anilines is 2. The maximum atomic E-state index is 12.3. The van der Waals surface area contributed by atoms with E-state index in [1.807, 2.05) is 0 Å². The summed E-state index contributed by atoms with van der Waals surface area (Å²) in [4.78, 5) is 23.3. The predicted molar refractivity (Wildman–Crippen MR) is 84.4 cm³/mol. The monoisotopic (exact) mass is 309 g/mol. The molecule has 0 atom stereocenters. The van der Waals surface area contributed by atoms with E-state index < -0.39 is 5.54 Å². The Morgan fingerprint density at radius 3 is 2.43 bits per heavy atom. The fourth-order valence-electron chi connectivity index (χ4n) is 2.55. The number of benzene rings is 1. The first-order chi connectivity index (χ1) is 9.90. The minimum absolute atomic E-state index is 0.175. The fourth-order valence-corrected chi connectivity index (χ4v) is 2.78. The van der Waals surface area contributed by atoms with Crippen LogP contribution >= 0.6 is 11.6 Å². The van der Waals surface area contributed by atoms with Crippen molar-refractivity contribution >= 4 is 34.8 Å². The molecule has 21 heavy (non-hydrogen) atoms. The molecule has 2 rings (SSSR count). The van der Waals surface area contributed by atoms with Gasteiger partial charge in [0.05, 0.1) is 16.2 Å². The van der Waals surface area contributed by atoms with Gasteiger partial charge in [-0.25, -0.2) is 0 Å². The Labute approximate surface area is 129 Å². The molecule has 1 aromatic rings. The van der Waals surface area contributed by atoms with Crippen molar-refractivity contribution < 1.29 is 9.59 Å². The molecule has 1 saturated carbocycles. The number of carbonyl (C=O) groups excluding carboxylic acids is 2. The summed E-state index contributed by atoms with van der Waals surface area (Å²) in [5.41, 5.74) is 6.49. The molecule has 0 radical (unpaired) electrons. The van der Waals surface area contributed by atoms with Gasteiger partial charge in [0.15, 0.2) is 0 Å². The van der Waals surface area contributed by atoms with Crippen LogP contribution in [-0.2, 0) is 9.59 Å². The Kier molecular flexibility index (Phi) is 4.85. The smallest absolute Gasteiger partial charge is 0.244 e. The van der Waals surface area contributed by atoms with Gasteiger partial charge in [0.25, 0.3) is 0 Å². The average Bonchev–Trinajstić information content (AvgIpc) is 2.42. The van der Waals surface area contributed by atoms with Crippen molar-refractivity contribution in [3.8, 4) is 0 Å². The van der Waals surface area contributed by atoms with E-state index in [1.54, 1.807) is 18.2 Å². The summed E-state index contributed by atoms with van der Waals surface area (Å²) in [7, 11) is 0. The molecule has 0 saturated heterocycles. The molecule has 0 heterocycles. The van der Waals surface area contributed by atoms with Crippen LogP contribution in [0.1, 0.15) is 39.0 Å². The molecule has 0 unspecified atom stereocenters. The van der Waals surface area contributed by atoms with E-state index >= 15 is 0 Å². The quantitative estimate of drug-likeness (QED) is 0.802. The van der Waals surface area contributed by atoms with Gasteiger partial charge in [0.2, 0.25) is 11.8 Å². The van der Waals surface area contributed by atoms with E-state index in [1.165, 1.54) is 6.92 Å². The third kappa shape index (κ3) is 3.95. The van der Waals surface area contributed by atoms with Crippen LogP contribution in [0.15, 0.2) is 18.2 Å². The number of hydrogen-bond donors (Lipinski definition) is 3. The molecule has 1 aromatic carbocycles. The number of amides is 2. The van der Waals surface area contributed by atoms with E-state index in [0.29, 0.717) is 29.2 Å². The fraction of sp³-hybridized carbons (Fsp3) is 0.467. The molecular formula is C15H20ClN3O2. The zero-order valence-corrected chi connectivity index (χ0v) is 12.8. The third-order valence-electron chi connectivity index (χ3n) is 3.74. The van der Waals surface area contributed by atoms with Crippen molar-refractivity contribution in [1.29, 1.82) is 0 Å². The second kappa shape index (κ2) is 6.45. The first-order valence-electron chi connectivity index (χ1n) is 7.08. The van der Waals surface area contributed by atoms with Crippen LogP contribution in [0.3, 0.4) is 0 Å². The van der Waals surface area contributed by atoms with Gasteiger partial charge >= 0.3 is 0 Å². The summed E-state index contributed by atoms with van der Waals surface area (Å²) in [6.07, 6.45) is 4.49. The summed E-state index contributed by atoms with van der Waals surface area (Å²) in [5.74, 6) is -0.373. The maximum Gasteiger partial charge on any atom is 0.244 e. The number of hydrogen-bond acceptors (Lipinski definition) is 3. The molecular weight excluding hydrogens is 290 g/mol. The Hall–Kier alpha value is -1.59. The number of nitrogens with two attached hydrogens (primary N) is 1. The highest BCUT2D eigenvalue weighted by molar-refractivity contribution is 6.34. The Morgan fingerprint density at radius 2 is 1.86 bits per heavy atom. The van der Waals surface area contributed by atoms with E-state index in [9.17, 15) is 9.59 Å². The van der Waals surface area contributed by atoms with Gasteiger partial charge in [-0.15, -0.1) is 0 Å². The third-order valence-corrected chi connectivity index (χ3v) is 4.05. The lowest BCUT2D eigenvalue weighted by Gasteiger charge is -2.31. The zero-order chi connectivity index (χ0) is 15.5. The largest absolute Gasteiger partial charge is 0.325 e. The maximum absolute atomic E-state index is 12.3. The first kappa shape index (κ1) is 15.8. The van der Waals surface area contributed by atoms with Crippen LogP contribution in [0.2, 0.25) is 5.02 Å². The van der Waals surface area contributed by atoms with Crippen LogP contribution in [-0.4, -0.2) is 17.4 Å². The van der Waals surface area contributed by atoms with Crippen molar-refractivity contribution in [3.05, 3.63) is 23.2 Å². The summed E-state index contributed by atoms with van der Waals surface area (Å²) in [6.45, 7) is 1.41.